The molecule has 1 heterocycles. The van der Waals surface area contributed by atoms with E-state index in [-0.39, 0.29) is 17.8 Å². The molecule has 0 fully saturated rings. The highest BCUT2D eigenvalue weighted by Gasteiger charge is 2.09. The minimum absolute atomic E-state index is 0.112. The molecule has 0 aliphatic rings. The quantitative estimate of drug-likeness (QED) is 0.627. The summed E-state index contributed by atoms with van der Waals surface area (Å²) in [5.74, 6) is -0.0695. The number of aromatic nitrogens is 3. The smallest absolute Gasteiger partial charge is 0.291 e. The molecule has 0 aromatic carbocycles. The summed E-state index contributed by atoms with van der Waals surface area (Å²) in [6.45, 7) is 3.76. The fourth-order valence-electron chi connectivity index (χ4n) is 0.645. The molecule has 0 aliphatic carbocycles. The largest absolute Gasteiger partial charge is 0.347 e. The van der Waals surface area contributed by atoms with Crippen LogP contribution in [0.25, 0.3) is 0 Å². The molecule has 0 radical (unpaired) electrons. The Morgan fingerprint density at radius 3 is 2.91 bits per heavy atom. The monoisotopic (exact) mass is 154 g/mol. The van der Waals surface area contributed by atoms with Crippen molar-refractivity contribution >= 4 is 5.91 Å². The highest BCUT2D eigenvalue weighted by molar-refractivity contribution is 5.90. The van der Waals surface area contributed by atoms with Gasteiger partial charge in [-0.3, -0.25) is 9.89 Å². The van der Waals surface area contributed by atoms with E-state index < -0.39 is 0 Å². The van der Waals surface area contributed by atoms with E-state index in [1.54, 1.807) is 0 Å². The van der Waals surface area contributed by atoms with Gasteiger partial charge in [-0.15, -0.1) is 5.10 Å². The Morgan fingerprint density at radius 1 is 1.73 bits per heavy atom. The van der Waals surface area contributed by atoms with Gasteiger partial charge in [0.05, 0.1) is 0 Å². The van der Waals surface area contributed by atoms with E-state index in [9.17, 15) is 4.79 Å². The van der Waals surface area contributed by atoms with Gasteiger partial charge in [0.25, 0.3) is 5.91 Å². The summed E-state index contributed by atoms with van der Waals surface area (Å²) >= 11 is 0. The van der Waals surface area contributed by atoms with Gasteiger partial charge in [0.15, 0.2) is 0 Å². The molecule has 0 saturated heterocycles. The topological polar surface area (TPSA) is 70.7 Å². The minimum Gasteiger partial charge on any atom is -0.347 e. The van der Waals surface area contributed by atoms with Crippen LogP contribution in [0.15, 0.2) is 6.33 Å². The van der Waals surface area contributed by atoms with Gasteiger partial charge in [0, 0.05) is 6.04 Å². The summed E-state index contributed by atoms with van der Waals surface area (Å²) in [5.41, 5.74) is 0. The van der Waals surface area contributed by atoms with E-state index in [0.29, 0.717) is 0 Å². The van der Waals surface area contributed by atoms with Crippen LogP contribution < -0.4 is 5.32 Å². The number of nitrogens with zero attached hydrogens (tertiary/aromatic N) is 2. The number of rotatable bonds is 2. The molecule has 60 valence electrons. The summed E-state index contributed by atoms with van der Waals surface area (Å²) in [6, 6.07) is 0.112. The van der Waals surface area contributed by atoms with Gasteiger partial charge in [-0.05, 0) is 13.8 Å². The van der Waals surface area contributed by atoms with Gasteiger partial charge in [0.2, 0.25) is 5.82 Å². The van der Waals surface area contributed by atoms with Crippen LogP contribution in [0.5, 0.6) is 0 Å². The summed E-state index contributed by atoms with van der Waals surface area (Å²) in [6.07, 6.45) is 1.37. The van der Waals surface area contributed by atoms with Crippen molar-refractivity contribution in [3.8, 4) is 0 Å². The number of hydrogen-bond acceptors (Lipinski definition) is 3. The third-order valence-electron chi connectivity index (χ3n) is 1.04. The lowest BCUT2D eigenvalue weighted by Crippen LogP contribution is -2.30. The van der Waals surface area contributed by atoms with Crippen LogP contribution in [0.2, 0.25) is 0 Å². The highest BCUT2D eigenvalue weighted by Crippen LogP contribution is 1.86. The lowest BCUT2D eigenvalue weighted by atomic mass is 10.4. The maximum absolute atomic E-state index is 11.1. The lowest BCUT2D eigenvalue weighted by molar-refractivity contribution is 0.0933. The molecule has 0 bridgehead atoms. The minimum atomic E-state index is -0.249. The number of carbonyl (C=O) groups excluding carboxylic acids is 1. The Labute approximate surface area is 64.2 Å². The molecule has 0 spiro atoms. The second-order valence-corrected chi connectivity index (χ2v) is 2.45. The second-order valence-electron chi connectivity index (χ2n) is 2.45. The average molecular weight is 154 g/mol. The van der Waals surface area contributed by atoms with Crippen molar-refractivity contribution in [3.05, 3.63) is 12.2 Å². The Balaban J connectivity index is 2.57. The molecule has 1 aromatic rings. The summed E-state index contributed by atoms with van der Waals surface area (Å²) in [7, 11) is 0. The van der Waals surface area contributed by atoms with Crippen molar-refractivity contribution in [1.82, 2.24) is 20.5 Å². The second kappa shape index (κ2) is 3.14. The fourth-order valence-corrected chi connectivity index (χ4v) is 0.645. The molecule has 11 heavy (non-hydrogen) atoms. The van der Waals surface area contributed by atoms with Gasteiger partial charge < -0.3 is 5.32 Å². The van der Waals surface area contributed by atoms with E-state index in [1.807, 2.05) is 13.8 Å². The Kier molecular flexibility index (Phi) is 2.20. The van der Waals surface area contributed by atoms with Gasteiger partial charge in [-0.2, -0.15) is 0 Å². The van der Waals surface area contributed by atoms with Gasteiger partial charge in [-0.25, -0.2) is 4.98 Å². The van der Waals surface area contributed by atoms with Crippen LogP contribution in [0.1, 0.15) is 24.5 Å². The van der Waals surface area contributed by atoms with E-state index in [0.717, 1.165) is 0 Å². The predicted octanol–water partition coefficient (Wildman–Crippen LogP) is -0.0571. The van der Waals surface area contributed by atoms with Crippen molar-refractivity contribution in [1.29, 1.82) is 0 Å². The number of aromatic amines is 1. The molecule has 0 aliphatic heterocycles. The maximum atomic E-state index is 11.1. The molecular formula is C6H10N4O. The average Bonchev–Trinajstić information content (AvgIpc) is 2.35. The van der Waals surface area contributed by atoms with Crippen molar-refractivity contribution in [2.45, 2.75) is 19.9 Å². The molecule has 1 aromatic heterocycles. The van der Waals surface area contributed by atoms with Crippen LogP contribution in [0, 0.1) is 0 Å². The lowest BCUT2D eigenvalue weighted by Gasteiger charge is -2.03. The molecule has 1 rings (SSSR count). The molecule has 1 amide bonds. The number of nitrogens with one attached hydrogen (secondary N) is 2. The molecule has 0 atom stereocenters. The van der Waals surface area contributed by atoms with Crippen LogP contribution in [-0.2, 0) is 0 Å². The Morgan fingerprint density at radius 2 is 2.45 bits per heavy atom. The van der Waals surface area contributed by atoms with Crippen molar-refractivity contribution in [2.24, 2.45) is 0 Å². The van der Waals surface area contributed by atoms with E-state index >= 15 is 0 Å². The fraction of sp³-hybridized carbons (Fsp3) is 0.500. The predicted molar refractivity (Wildman–Crippen MR) is 39.0 cm³/mol. The molecule has 5 heteroatoms. The first-order chi connectivity index (χ1) is 5.20. The number of carbonyl (C=O) groups is 1. The maximum Gasteiger partial charge on any atom is 0.291 e. The summed E-state index contributed by atoms with van der Waals surface area (Å²) in [4.78, 5) is 14.8. The zero-order chi connectivity index (χ0) is 8.27. The van der Waals surface area contributed by atoms with Crippen molar-refractivity contribution in [3.63, 3.8) is 0 Å². The zero-order valence-electron chi connectivity index (χ0n) is 6.46. The summed E-state index contributed by atoms with van der Waals surface area (Å²) < 4.78 is 0. The van der Waals surface area contributed by atoms with Crippen molar-refractivity contribution in [2.75, 3.05) is 0 Å². The van der Waals surface area contributed by atoms with Crippen LogP contribution >= 0.6 is 0 Å². The van der Waals surface area contributed by atoms with Gasteiger partial charge >= 0.3 is 0 Å². The van der Waals surface area contributed by atoms with E-state index in [1.165, 1.54) is 6.33 Å². The zero-order valence-corrected chi connectivity index (χ0v) is 6.46. The Hall–Kier alpha value is -1.39. The third kappa shape index (κ3) is 2.03. The number of H-pyrrole nitrogens is 1. The van der Waals surface area contributed by atoms with E-state index in [2.05, 4.69) is 20.5 Å². The summed E-state index contributed by atoms with van der Waals surface area (Å²) in [5, 5.41) is 8.74. The molecule has 5 nitrogen and oxygen atoms in total. The van der Waals surface area contributed by atoms with E-state index in [4.69, 9.17) is 0 Å². The normalized spacial score (nSPS) is 10.1. The first-order valence-corrected chi connectivity index (χ1v) is 3.37. The molecule has 2 N–H and O–H groups in total. The van der Waals surface area contributed by atoms with Gasteiger partial charge in [0.1, 0.15) is 6.33 Å². The first kappa shape index (κ1) is 7.71. The van der Waals surface area contributed by atoms with Crippen LogP contribution in [0.4, 0.5) is 0 Å². The molecule has 0 saturated carbocycles. The standard InChI is InChI=1S/C6H10N4O/c1-4(2)9-6(11)5-7-3-8-10-5/h3-4H,1-2H3,(H,9,11)(H,7,8,10). The molecule has 0 unspecified atom stereocenters. The first-order valence-electron chi connectivity index (χ1n) is 3.37. The molecular weight excluding hydrogens is 144 g/mol. The van der Waals surface area contributed by atoms with Crippen LogP contribution in [-0.4, -0.2) is 27.1 Å². The van der Waals surface area contributed by atoms with Gasteiger partial charge in [-0.1, -0.05) is 0 Å². The van der Waals surface area contributed by atoms with Crippen molar-refractivity contribution < 1.29 is 4.79 Å². The SMILES string of the molecule is CC(C)NC(=O)c1nc[nH]n1. The number of hydrogen-bond donors (Lipinski definition) is 2. The third-order valence-corrected chi connectivity index (χ3v) is 1.04. The number of amides is 1. The highest BCUT2D eigenvalue weighted by atomic mass is 16.2. The van der Waals surface area contributed by atoms with Crippen LogP contribution in [0.3, 0.4) is 0 Å². The Bertz CT molecular complexity index is 229.